The molecule has 772 valence electrons. The molecule has 3 saturated carbocycles. The van der Waals surface area contributed by atoms with Crippen molar-refractivity contribution in [2.24, 2.45) is 28.5 Å². The number of hydrogen-bond acceptors (Lipinski definition) is 34. The van der Waals surface area contributed by atoms with Gasteiger partial charge in [0, 0.05) is 160 Å². The quantitative estimate of drug-likeness (QED) is 0.0277. The molecule has 3 atom stereocenters. The van der Waals surface area contributed by atoms with Gasteiger partial charge in [-0.25, -0.2) is 83.5 Å². The van der Waals surface area contributed by atoms with Gasteiger partial charge in [0.05, 0.1) is 81.5 Å². The molecule has 4 aliphatic heterocycles. The topological polar surface area (TPSA) is 473 Å². The molecule has 3 unspecified atom stereocenters. The number of rotatable bonds is 24. The number of fused-ring (bicyclic) bond motifs is 4. The van der Waals surface area contributed by atoms with Crippen molar-refractivity contribution in [2.75, 3.05) is 66.5 Å². The first-order chi connectivity index (χ1) is 69.9. The van der Waals surface area contributed by atoms with Crippen molar-refractivity contribution in [1.29, 1.82) is 0 Å². The third kappa shape index (κ3) is 26.0. The van der Waals surface area contributed by atoms with Crippen LogP contribution in [0.1, 0.15) is 179 Å². The van der Waals surface area contributed by atoms with E-state index in [1.54, 1.807) is 66.7 Å². The molecule has 0 spiro atoms. The summed E-state index contributed by atoms with van der Waals surface area (Å²) in [5.74, 6) is 3.16. The number of nitrogen functional groups attached to an aromatic ring is 1. The maximum Gasteiger partial charge on any atom is 0.220 e. The summed E-state index contributed by atoms with van der Waals surface area (Å²) in [6.07, 6.45) is 20.5. The summed E-state index contributed by atoms with van der Waals surface area (Å²) < 4.78 is 123. The lowest BCUT2D eigenvalue weighted by atomic mass is 10.1. The predicted octanol–water partition coefficient (Wildman–Crippen LogP) is 21.8. The number of thiazole rings is 4. The number of anilines is 7. The monoisotopic (exact) mass is 2200 g/mol. The molecule has 0 bridgehead atoms. The van der Waals surface area contributed by atoms with Gasteiger partial charge in [0.15, 0.2) is 56.3 Å². The van der Waals surface area contributed by atoms with Gasteiger partial charge in [0.25, 0.3) is 0 Å². The van der Waals surface area contributed by atoms with E-state index in [0.717, 1.165) is 203 Å². The minimum atomic E-state index is -3.58. The average molecular weight is 2200 g/mol. The number of ether oxygens (including phenoxy) is 3. The van der Waals surface area contributed by atoms with Crippen molar-refractivity contribution in [2.45, 2.75) is 209 Å². The molecule has 15 heterocycles. The van der Waals surface area contributed by atoms with E-state index in [1.165, 1.54) is 64.1 Å². The molecule has 7 aliphatic rings. The number of imidazole rings is 3. The van der Waals surface area contributed by atoms with Gasteiger partial charge in [0.2, 0.25) is 5.91 Å². The number of amides is 1. The highest BCUT2D eigenvalue weighted by molar-refractivity contribution is 7.91. The number of hydrogen-bond donors (Lipinski definition) is 5. The van der Waals surface area contributed by atoms with Crippen LogP contribution in [0.15, 0.2) is 143 Å². The summed E-state index contributed by atoms with van der Waals surface area (Å²) in [5.41, 5.74) is 28.2. The SMILES string of the molecule is CC1=Nc2c(Nc3ccc(-c4nc(C)cs4)cc3S(C)(=O)=O)cc(CC(=O)C3CC3)nc2C1.Cc1csc(-c2ccc(N)c(S(C)(=O)=O)c2)n1.Cc1csc(-c2ccc(Nc3cc(CC(=O)C4CC4)nc4c3nc(C)n4C3CCCCO3)c(S(C)(=O)=O)c2)n1.Cc1csc(-c2ccc(Nc3cc(Cl)nc4c3nc(C)n4C3CCCCO3)c(S(C)(=O)=O)c2)n1.Cc1nc2c(Cl)cc(Cl)nc2n1C1CCCCO1.NC(=O)C1CC1. The second-order valence-electron chi connectivity index (χ2n) is 37.7. The van der Waals surface area contributed by atoms with E-state index in [0.29, 0.717) is 115 Å². The number of nitrogens with zero attached hydrogens (tertiary/aromatic N) is 15. The zero-order valence-corrected chi connectivity index (χ0v) is 91.6. The van der Waals surface area contributed by atoms with Crippen LogP contribution in [0.5, 0.6) is 0 Å². The van der Waals surface area contributed by atoms with E-state index in [4.69, 9.17) is 75.4 Å². The Morgan fingerprint density at radius 1 is 0.388 bits per heavy atom. The Labute approximate surface area is 882 Å². The number of halogens is 3. The Morgan fingerprint density at radius 3 is 1.08 bits per heavy atom. The molecule has 3 saturated heterocycles. The normalized spacial score (nSPS) is 16.8. The first-order valence-electron chi connectivity index (χ1n) is 47.9. The first kappa shape index (κ1) is 107. The van der Waals surface area contributed by atoms with Gasteiger partial charge < -0.3 is 41.6 Å². The number of carbonyl (C=O) groups excluding carboxylic acids is 3. The minimum absolute atomic E-state index is 0.00853. The van der Waals surface area contributed by atoms with Gasteiger partial charge in [-0.05, 0) is 243 Å². The van der Waals surface area contributed by atoms with Crippen LogP contribution < -0.4 is 27.4 Å². The van der Waals surface area contributed by atoms with Crippen molar-refractivity contribution in [3.05, 3.63) is 191 Å². The fourth-order valence-electron chi connectivity index (χ4n) is 17.5. The van der Waals surface area contributed by atoms with Crippen LogP contribution in [0, 0.1) is 66.2 Å². The Balaban J connectivity index is 0.000000127. The number of primary amides is 1. The Kier molecular flexibility index (Phi) is 32.6. The lowest BCUT2D eigenvalue weighted by Gasteiger charge is -2.25. The maximum atomic E-state index is 12.9. The van der Waals surface area contributed by atoms with Crippen molar-refractivity contribution in [3.63, 3.8) is 0 Å². The summed E-state index contributed by atoms with van der Waals surface area (Å²) in [6.45, 7) is 17.5. The third-order valence-electron chi connectivity index (χ3n) is 25.2. The van der Waals surface area contributed by atoms with Crippen LogP contribution in [0.25, 0.3) is 75.8 Å². The van der Waals surface area contributed by atoms with Gasteiger partial charge in [-0.2, -0.15) is 0 Å². The number of Topliss-reactive ketones (excluding diaryl/α,β-unsaturated/α-hetero) is 2. The van der Waals surface area contributed by atoms with Crippen molar-refractivity contribution >= 4 is 222 Å². The summed E-state index contributed by atoms with van der Waals surface area (Å²) in [6, 6.07) is 27.7. The number of sulfone groups is 4. The molecule has 15 aromatic rings. The molecule has 4 aromatic carbocycles. The van der Waals surface area contributed by atoms with Crippen molar-refractivity contribution < 1.29 is 62.3 Å². The predicted molar refractivity (Wildman–Crippen MR) is 580 cm³/mol. The highest BCUT2D eigenvalue weighted by Crippen LogP contribution is 2.45. The lowest BCUT2D eigenvalue weighted by Crippen LogP contribution is -2.19. The number of aryl methyl sites for hydroxylation is 7. The van der Waals surface area contributed by atoms with Gasteiger partial charge in [0.1, 0.15) is 100 Å². The van der Waals surface area contributed by atoms with E-state index in [-0.39, 0.29) is 97.2 Å². The standard InChI is InChI=1S/C28H31N5O4S2.C24H24N4O3S2.C23H24ClN5O3S2.C12H13Cl2N3O.C11H12N2O2S2.C4H7NO/c1-16-15-38-28(29-16)19-9-10-21(24(12-19)39(3,35)36)32-22-13-20(14-23(34)18-7-8-18)31-27-26(22)30-17(2)33(27)25-6-4-5-11-37-25;1-13-8-19-23(25-13)20(10-17(27-19)11-21(29)15-4-5-15)28-18-7-6-16(9-22(18)33(3,30)31)24-26-14(2)12-32-24;1-13-12-33-23(25-13)15-7-8-16(18(10-15)34(3,30)31)27-17-11-19(24)28-22-21(17)26-14(2)29(22)20-6-4-5-9-32-20;1-7-15-11-8(13)6-9(14)16-12(11)17(7)10-4-2-3-5-18-10;1-7-6-16-11(13-7)8-3-4-9(12)10(5-8)17(2,14)15;5-4(6)3-1-2-3/h9-10,12-13,15,18,25H,4-8,11,14H2,1-3H3,(H,31,32);6-7,9-10,12,15H,4-5,8,11H2,1-3H3,(H,27,28);7-8,10-12,20H,4-6,9H2,1-3H3,(H,27,28);6,10H,2-5H2,1H3;3-6H,12H2,1-2H3;3H,1-2H2,(H2,5,6). The van der Waals surface area contributed by atoms with E-state index in [2.05, 4.69) is 60.8 Å². The molecule has 0 radical (unpaired) electrons. The molecular formula is C102H111Cl3N20O14S8. The van der Waals surface area contributed by atoms with Crippen molar-refractivity contribution in [3.8, 4) is 42.3 Å². The van der Waals surface area contributed by atoms with Crippen LogP contribution >= 0.6 is 80.1 Å². The molecule has 11 aromatic heterocycles. The van der Waals surface area contributed by atoms with Crippen LogP contribution in [-0.4, -0.2) is 170 Å². The zero-order valence-electron chi connectivity index (χ0n) is 82.8. The minimum Gasteiger partial charge on any atom is -0.398 e. The number of carbonyl (C=O) groups is 3. The van der Waals surface area contributed by atoms with Gasteiger partial charge in [-0.15, -0.1) is 45.3 Å². The molecule has 22 rings (SSSR count). The van der Waals surface area contributed by atoms with Crippen LogP contribution in [0.3, 0.4) is 0 Å². The summed E-state index contributed by atoms with van der Waals surface area (Å²) in [7, 11) is -14.0. The second kappa shape index (κ2) is 44.8. The zero-order chi connectivity index (χ0) is 105. The highest BCUT2D eigenvalue weighted by Gasteiger charge is 2.35. The Hall–Kier alpha value is -11.4. The second-order valence-corrected chi connectivity index (χ2v) is 50.2. The fraction of sp³-hybridized carbons (Fsp3) is 0.382. The summed E-state index contributed by atoms with van der Waals surface area (Å²) in [5, 5.41) is 21.9. The van der Waals surface area contributed by atoms with E-state index < -0.39 is 39.3 Å². The van der Waals surface area contributed by atoms with E-state index in [9.17, 15) is 48.1 Å². The van der Waals surface area contributed by atoms with Crippen LogP contribution in [-0.2, 0) is 87.2 Å². The molecule has 7 N–H and O–H groups in total. The van der Waals surface area contributed by atoms with Gasteiger partial charge >= 0.3 is 0 Å². The van der Waals surface area contributed by atoms with Crippen LogP contribution in [0.4, 0.5) is 45.5 Å². The number of aromatic nitrogens is 14. The Bertz CT molecular complexity index is 8130. The third-order valence-corrected chi connectivity index (χ3v) is 34.5. The number of benzene rings is 4. The molecular weight excluding hydrogens is 2090 g/mol. The number of ketones is 2. The summed E-state index contributed by atoms with van der Waals surface area (Å²) >= 11 is 24.4. The molecule has 3 aliphatic carbocycles. The molecule has 1 amide bonds. The largest absolute Gasteiger partial charge is 0.398 e. The first-order valence-corrected chi connectivity index (χ1v) is 60.2. The van der Waals surface area contributed by atoms with Gasteiger partial charge in [-0.1, -0.05) is 34.8 Å². The highest BCUT2D eigenvalue weighted by atomic mass is 35.5. The fourth-order valence-corrected chi connectivity index (χ4v) is 24.8. The number of nitrogens with one attached hydrogen (secondary N) is 3. The smallest absolute Gasteiger partial charge is 0.220 e. The molecule has 45 heteroatoms. The maximum absolute atomic E-state index is 12.9. The Morgan fingerprint density at radius 2 is 0.728 bits per heavy atom. The summed E-state index contributed by atoms with van der Waals surface area (Å²) in [4.78, 5) is 90.6. The lowest BCUT2D eigenvalue weighted by molar-refractivity contribution is -0.120. The molecule has 147 heavy (non-hydrogen) atoms. The van der Waals surface area contributed by atoms with E-state index >= 15 is 0 Å². The average Bonchev–Trinajstić information content (AvgIpc) is 1.61. The molecule has 6 fully saturated rings. The van der Waals surface area contributed by atoms with Crippen LogP contribution in [0.2, 0.25) is 15.3 Å². The van der Waals surface area contributed by atoms with Gasteiger partial charge in [-0.3, -0.25) is 38.1 Å². The number of aliphatic imine (C=N–C) groups is 1. The number of pyridine rings is 4. The molecule has 34 nitrogen and oxygen atoms in total. The van der Waals surface area contributed by atoms with Crippen molar-refractivity contribution in [1.82, 2.24) is 68.5 Å². The number of nitrogens with two attached hydrogens (primary N) is 2. The van der Waals surface area contributed by atoms with E-state index in [1.807, 2.05) is 121 Å².